The molecule has 0 saturated carbocycles. The van der Waals surface area contributed by atoms with Gasteiger partial charge in [0.05, 0.1) is 13.2 Å². The molecular weight excluding hydrogens is 264 g/mol. The molecule has 1 aromatic carbocycles. The number of fused-ring (bicyclic) bond motifs is 2. The standard InChI is InChI=1S/C12H10N4O4/c1-15-11(17)9-10(14-12(15)18)13-7-4-3-6(20-2)5-8(7)16(9)19/h3-5H,1-2H3,(H,13,14,18). The van der Waals surface area contributed by atoms with Crippen molar-refractivity contribution in [3.05, 3.63) is 44.2 Å². The molecule has 0 fully saturated rings. The first-order valence-corrected chi connectivity index (χ1v) is 5.73. The summed E-state index contributed by atoms with van der Waals surface area (Å²) in [5.74, 6) is 0.476. The Kier molecular flexibility index (Phi) is 2.46. The molecule has 0 aliphatic carbocycles. The van der Waals surface area contributed by atoms with Crippen molar-refractivity contribution in [3.63, 3.8) is 0 Å². The van der Waals surface area contributed by atoms with Crippen molar-refractivity contribution >= 4 is 22.2 Å². The van der Waals surface area contributed by atoms with E-state index in [2.05, 4.69) is 9.97 Å². The molecule has 3 rings (SSSR count). The van der Waals surface area contributed by atoms with Gasteiger partial charge in [-0.2, -0.15) is 4.73 Å². The third kappa shape index (κ3) is 1.54. The molecule has 0 aliphatic rings. The van der Waals surface area contributed by atoms with Crippen LogP contribution in [0.5, 0.6) is 5.75 Å². The van der Waals surface area contributed by atoms with Crippen molar-refractivity contribution in [2.24, 2.45) is 7.05 Å². The molecule has 20 heavy (non-hydrogen) atoms. The van der Waals surface area contributed by atoms with Crippen LogP contribution in [0.3, 0.4) is 0 Å². The molecule has 1 N–H and O–H groups in total. The van der Waals surface area contributed by atoms with E-state index in [1.54, 1.807) is 12.1 Å². The predicted molar refractivity (Wildman–Crippen MR) is 70.6 cm³/mol. The van der Waals surface area contributed by atoms with Crippen LogP contribution in [0.2, 0.25) is 0 Å². The second-order valence-electron chi connectivity index (χ2n) is 4.25. The van der Waals surface area contributed by atoms with Gasteiger partial charge in [0, 0.05) is 7.05 Å². The van der Waals surface area contributed by atoms with E-state index in [9.17, 15) is 14.8 Å². The van der Waals surface area contributed by atoms with E-state index in [4.69, 9.17) is 4.74 Å². The molecule has 102 valence electrons. The van der Waals surface area contributed by atoms with E-state index in [-0.39, 0.29) is 16.7 Å². The highest BCUT2D eigenvalue weighted by Gasteiger charge is 2.19. The molecular formula is C12H10N4O4. The van der Waals surface area contributed by atoms with Crippen LogP contribution in [-0.2, 0) is 7.05 Å². The molecule has 0 saturated heterocycles. The summed E-state index contributed by atoms with van der Waals surface area (Å²) in [6.45, 7) is 0. The number of rotatable bonds is 1. The van der Waals surface area contributed by atoms with Gasteiger partial charge in [0.25, 0.3) is 0 Å². The number of hydrogen-bond acceptors (Lipinski definition) is 5. The number of nitrogens with one attached hydrogen (secondary N) is 1. The predicted octanol–water partition coefficient (Wildman–Crippen LogP) is -0.583. The maximum Gasteiger partial charge on any atom is 0.331 e. The SMILES string of the molecule is COc1ccc2nc3[nH]c(=O)n(C)c(=O)c3[n+]([O-])c2c1. The summed E-state index contributed by atoms with van der Waals surface area (Å²) < 4.78 is 6.32. The van der Waals surface area contributed by atoms with Gasteiger partial charge in [0.2, 0.25) is 11.2 Å². The van der Waals surface area contributed by atoms with Gasteiger partial charge in [-0.1, -0.05) is 0 Å². The van der Waals surface area contributed by atoms with Crippen molar-refractivity contribution in [3.8, 4) is 5.75 Å². The Morgan fingerprint density at radius 1 is 1.40 bits per heavy atom. The van der Waals surface area contributed by atoms with Gasteiger partial charge in [-0.15, -0.1) is 0 Å². The summed E-state index contributed by atoms with van der Waals surface area (Å²) in [6.07, 6.45) is 0. The van der Waals surface area contributed by atoms with E-state index in [0.29, 0.717) is 16.0 Å². The number of nitrogens with zero attached hydrogens (tertiary/aromatic N) is 3. The summed E-state index contributed by atoms with van der Waals surface area (Å²) in [5, 5.41) is 12.3. The maximum absolute atomic E-state index is 12.3. The summed E-state index contributed by atoms with van der Waals surface area (Å²) in [7, 11) is 2.76. The van der Waals surface area contributed by atoms with Crippen molar-refractivity contribution < 1.29 is 9.47 Å². The van der Waals surface area contributed by atoms with Gasteiger partial charge < -0.3 is 9.94 Å². The molecule has 0 aliphatic heterocycles. The Bertz CT molecular complexity index is 957. The van der Waals surface area contributed by atoms with Crippen LogP contribution in [0.4, 0.5) is 0 Å². The summed E-state index contributed by atoms with van der Waals surface area (Å²) in [5.41, 5.74) is -1.02. The maximum atomic E-state index is 12.3. The first-order chi connectivity index (χ1) is 9.52. The number of methoxy groups -OCH3 is 1. The van der Waals surface area contributed by atoms with Gasteiger partial charge in [-0.25, -0.2) is 9.78 Å². The fourth-order valence-electron chi connectivity index (χ4n) is 1.99. The average Bonchev–Trinajstić information content (AvgIpc) is 2.44. The van der Waals surface area contributed by atoms with Crippen molar-refractivity contribution in [2.45, 2.75) is 0 Å². The number of ether oxygens (including phenoxy) is 1. The topological polar surface area (TPSA) is 104 Å². The molecule has 0 radical (unpaired) electrons. The molecule has 3 aromatic rings. The van der Waals surface area contributed by atoms with Crippen molar-refractivity contribution in [2.75, 3.05) is 7.11 Å². The number of hydrogen-bond donors (Lipinski definition) is 1. The zero-order chi connectivity index (χ0) is 14.4. The van der Waals surface area contributed by atoms with E-state index in [1.807, 2.05) is 0 Å². The minimum Gasteiger partial charge on any atom is -0.618 e. The smallest absolute Gasteiger partial charge is 0.331 e. The Hall–Kier alpha value is -2.90. The number of aromatic amines is 1. The van der Waals surface area contributed by atoms with E-state index >= 15 is 0 Å². The van der Waals surface area contributed by atoms with Crippen LogP contribution in [0.15, 0.2) is 27.8 Å². The fourth-order valence-corrected chi connectivity index (χ4v) is 1.99. The zero-order valence-corrected chi connectivity index (χ0v) is 10.7. The van der Waals surface area contributed by atoms with Gasteiger partial charge in [0.15, 0.2) is 0 Å². The summed E-state index contributed by atoms with van der Waals surface area (Å²) in [6, 6.07) is 4.71. The Balaban J connectivity index is 2.58. The highest BCUT2D eigenvalue weighted by atomic mass is 16.5. The monoisotopic (exact) mass is 274 g/mol. The van der Waals surface area contributed by atoms with Crippen LogP contribution in [-0.4, -0.2) is 21.6 Å². The third-order valence-corrected chi connectivity index (χ3v) is 3.10. The Labute approximate surface area is 111 Å². The number of H-pyrrole nitrogens is 1. The molecule has 0 atom stereocenters. The first-order valence-electron chi connectivity index (χ1n) is 5.73. The van der Waals surface area contributed by atoms with Gasteiger partial charge in [-0.3, -0.25) is 14.3 Å². The van der Waals surface area contributed by atoms with Crippen molar-refractivity contribution in [1.29, 1.82) is 0 Å². The van der Waals surface area contributed by atoms with Gasteiger partial charge >= 0.3 is 16.8 Å². The highest BCUT2D eigenvalue weighted by molar-refractivity contribution is 5.79. The molecule has 0 bridgehead atoms. The van der Waals surface area contributed by atoms with Crippen LogP contribution in [0.1, 0.15) is 0 Å². The van der Waals surface area contributed by atoms with Gasteiger partial charge in [0.1, 0.15) is 11.3 Å². The van der Waals surface area contributed by atoms with Crippen LogP contribution in [0, 0.1) is 5.21 Å². The van der Waals surface area contributed by atoms with Crippen LogP contribution in [0.25, 0.3) is 22.2 Å². The quantitative estimate of drug-likeness (QED) is 0.363. The molecule has 2 aromatic heterocycles. The molecule has 8 nitrogen and oxygen atoms in total. The summed E-state index contributed by atoms with van der Waals surface area (Å²) in [4.78, 5) is 30.1. The third-order valence-electron chi connectivity index (χ3n) is 3.10. The van der Waals surface area contributed by atoms with E-state index < -0.39 is 11.2 Å². The van der Waals surface area contributed by atoms with Crippen LogP contribution < -0.4 is 20.7 Å². The second-order valence-corrected chi connectivity index (χ2v) is 4.25. The van der Waals surface area contributed by atoms with E-state index in [0.717, 1.165) is 4.57 Å². The lowest BCUT2D eigenvalue weighted by molar-refractivity contribution is -0.549. The minimum atomic E-state index is -0.698. The average molecular weight is 274 g/mol. The number of aromatic nitrogens is 4. The molecule has 0 amide bonds. The molecule has 0 unspecified atom stereocenters. The molecule has 2 heterocycles. The fraction of sp³-hybridized carbons (Fsp3) is 0.167. The zero-order valence-electron chi connectivity index (χ0n) is 10.7. The Morgan fingerprint density at radius 2 is 2.15 bits per heavy atom. The largest absolute Gasteiger partial charge is 0.618 e. The molecule has 0 spiro atoms. The lowest BCUT2D eigenvalue weighted by Gasteiger charge is -2.06. The molecule has 8 heteroatoms. The Morgan fingerprint density at radius 3 is 2.85 bits per heavy atom. The summed E-state index contributed by atoms with van der Waals surface area (Å²) >= 11 is 0. The normalized spacial score (nSPS) is 11.1. The minimum absolute atomic E-state index is 0.0363. The lowest BCUT2D eigenvalue weighted by atomic mass is 10.2. The second kappa shape index (κ2) is 4.05. The first kappa shape index (κ1) is 12.2. The van der Waals surface area contributed by atoms with Gasteiger partial charge in [-0.05, 0) is 12.1 Å². The van der Waals surface area contributed by atoms with E-state index in [1.165, 1.54) is 20.2 Å². The highest BCUT2D eigenvalue weighted by Crippen LogP contribution is 2.17. The number of benzene rings is 1. The lowest BCUT2D eigenvalue weighted by Crippen LogP contribution is -2.41. The van der Waals surface area contributed by atoms with Crippen LogP contribution >= 0.6 is 0 Å². The van der Waals surface area contributed by atoms with Crippen molar-refractivity contribution in [1.82, 2.24) is 14.5 Å².